The van der Waals surface area contributed by atoms with E-state index >= 15 is 0 Å². The number of amides is 1. The van der Waals surface area contributed by atoms with E-state index in [1.54, 1.807) is 6.07 Å². The summed E-state index contributed by atoms with van der Waals surface area (Å²) in [5.41, 5.74) is 1.96. The molecule has 1 aliphatic carbocycles. The number of carbonyl (C=O) groups is 2. The number of fused-ring (bicyclic) bond motifs is 1. The molecule has 0 aliphatic heterocycles. The number of hydrogen-bond acceptors (Lipinski definition) is 4. The van der Waals surface area contributed by atoms with E-state index in [2.05, 4.69) is 12.1 Å². The maximum Gasteiger partial charge on any atom is 0.309 e. The zero-order chi connectivity index (χ0) is 20.9. The van der Waals surface area contributed by atoms with Crippen molar-refractivity contribution in [2.45, 2.75) is 26.2 Å². The average molecular weight is 405 g/mol. The van der Waals surface area contributed by atoms with E-state index in [1.807, 2.05) is 54.3 Å². The third-order valence-electron chi connectivity index (χ3n) is 5.63. The minimum atomic E-state index is -0.150. The Morgan fingerprint density at radius 1 is 1.10 bits per heavy atom. The zero-order valence-electron chi connectivity index (χ0n) is 17.3. The normalized spacial score (nSPS) is 17.6. The van der Waals surface area contributed by atoms with Gasteiger partial charge in [-0.3, -0.25) is 9.59 Å². The Labute approximate surface area is 176 Å². The Morgan fingerprint density at radius 2 is 1.87 bits per heavy atom. The maximum absolute atomic E-state index is 13.2. The quantitative estimate of drug-likeness (QED) is 0.484. The van der Waals surface area contributed by atoms with Crippen LogP contribution in [-0.4, -0.2) is 36.5 Å². The van der Waals surface area contributed by atoms with Crippen molar-refractivity contribution in [3.63, 3.8) is 0 Å². The first-order valence-electron chi connectivity index (χ1n) is 10.6. The van der Waals surface area contributed by atoms with Gasteiger partial charge in [-0.25, -0.2) is 0 Å². The number of rotatable bonds is 9. The van der Waals surface area contributed by atoms with E-state index in [4.69, 9.17) is 9.15 Å². The molecule has 1 heterocycles. The molecule has 0 bridgehead atoms. The van der Waals surface area contributed by atoms with Gasteiger partial charge < -0.3 is 14.1 Å². The number of hydrogen-bond donors (Lipinski definition) is 0. The van der Waals surface area contributed by atoms with Crippen LogP contribution in [0.4, 0.5) is 0 Å². The minimum absolute atomic E-state index is 0.0925. The molecule has 0 saturated heterocycles. The number of nitrogens with zero attached hydrogens (tertiary/aromatic N) is 1. The van der Waals surface area contributed by atoms with Crippen molar-refractivity contribution in [3.8, 4) is 0 Å². The third-order valence-corrected chi connectivity index (χ3v) is 5.63. The van der Waals surface area contributed by atoms with Crippen molar-refractivity contribution < 1.29 is 18.7 Å². The van der Waals surface area contributed by atoms with Crippen LogP contribution in [0.5, 0.6) is 0 Å². The van der Waals surface area contributed by atoms with Gasteiger partial charge in [0.15, 0.2) is 5.76 Å². The predicted molar refractivity (Wildman–Crippen MR) is 115 cm³/mol. The number of aryl methyl sites for hydroxylation is 1. The Bertz CT molecular complexity index is 977. The highest BCUT2D eigenvalue weighted by Gasteiger charge is 2.45. The highest BCUT2D eigenvalue weighted by atomic mass is 16.5. The van der Waals surface area contributed by atoms with Gasteiger partial charge in [-0.05, 0) is 49.8 Å². The molecule has 1 aromatic heterocycles. The standard InChI is InChI=1S/C25H27NO4/c1-2-29-25(28)21-15-20(21)17-26(14-8-11-18-9-4-3-5-10-18)24(27)23-16-19-12-6-7-13-22(19)30-23/h3-7,9-10,12-13,16,20-21H,2,8,11,14-15,17H2,1H3/t20-,21-/m0/s1. The van der Waals surface area contributed by atoms with Crippen LogP contribution in [0.15, 0.2) is 65.1 Å². The molecule has 0 unspecified atom stereocenters. The molecule has 156 valence electrons. The monoisotopic (exact) mass is 405 g/mol. The lowest BCUT2D eigenvalue weighted by molar-refractivity contribution is -0.145. The Morgan fingerprint density at radius 3 is 2.63 bits per heavy atom. The number of benzene rings is 2. The number of esters is 1. The smallest absolute Gasteiger partial charge is 0.309 e. The topological polar surface area (TPSA) is 59.8 Å². The van der Waals surface area contributed by atoms with E-state index in [1.165, 1.54) is 5.56 Å². The summed E-state index contributed by atoms with van der Waals surface area (Å²) in [6.07, 6.45) is 2.53. The molecule has 0 radical (unpaired) electrons. The van der Waals surface area contributed by atoms with Crippen LogP contribution < -0.4 is 0 Å². The highest BCUT2D eigenvalue weighted by molar-refractivity contribution is 5.96. The van der Waals surface area contributed by atoms with Crippen molar-refractivity contribution in [2.75, 3.05) is 19.7 Å². The summed E-state index contributed by atoms with van der Waals surface area (Å²) in [6, 6.07) is 19.7. The van der Waals surface area contributed by atoms with Crippen LogP contribution in [0.1, 0.15) is 35.9 Å². The molecule has 1 saturated carbocycles. The van der Waals surface area contributed by atoms with Crippen LogP contribution in [0.2, 0.25) is 0 Å². The molecule has 0 N–H and O–H groups in total. The number of para-hydroxylation sites is 1. The first-order chi connectivity index (χ1) is 14.7. The first kappa shape index (κ1) is 20.2. The molecule has 5 nitrogen and oxygen atoms in total. The lowest BCUT2D eigenvalue weighted by Crippen LogP contribution is -2.34. The first-order valence-corrected chi connectivity index (χ1v) is 10.6. The van der Waals surface area contributed by atoms with Gasteiger partial charge in [0.2, 0.25) is 0 Å². The molecule has 1 aliphatic rings. The maximum atomic E-state index is 13.2. The molecule has 3 aromatic rings. The van der Waals surface area contributed by atoms with Gasteiger partial charge in [0.1, 0.15) is 5.58 Å². The fraction of sp³-hybridized carbons (Fsp3) is 0.360. The second kappa shape index (κ2) is 9.16. The van der Waals surface area contributed by atoms with Gasteiger partial charge >= 0.3 is 5.97 Å². The molecule has 5 heteroatoms. The van der Waals surface area contributed by atoms with Gasteiger partial charge in [-0.1, -0.05) is 48.5 Å². The minimum Gasteiger partial charge on any atom is -0.466 e. The molecule has 2 aromatic carbocycles. The SMILES string of the molecule is CCOC(=O)[C@H]1C[C@H]1CN(CCCc1ccccc1)C(=O)c1cc2ccccc2o1. The summed E-state index contributed by atoms with van der Waals surface area (Å²) in [6.45, 7) is 3.38. The lowest BCUT2D eigenvalue weighted by atomic mass is 10.1. The van der Waals surface area contributed by atoms with Crippen molar-refractivity contribution in [1.82, 2.24) is 4.90 Å². The van der Waals surface area contributed by atoms with Gasteiger partial charge in [0.05, 0.1) is 12.5 Å². The molecular formula is C25H27NO4. The van der Waals surface area contributed by atoms with E-state index in [0.717, 1.165) is 24.6 Å². The van der Waals surface area contributed by atoms with Crippen molar-refractivity contribution in [2.24, 2.45) is 11.8 Å². The van der Waals surface area contributed by atoms with Crippen LogP contribution >= 0.6 is 0 Å². The third kappa shape index (κ3) is 4.73. The summed E-state index contributed by atoms with van der Waals surface area (Å²) in [4.78, 5) is 27.1. The van der Waals surface area contributed by atoms with Crippen molar-refractivity contribution >= 4 is 22.8 Å². The fourth-order valence-electron chi connectivity index (χ4n) is 3.91. The largest absolute Gasteiger partial charge is 0.466 e. The summed E-state index contributed by atoms with van der Waals surface area (Å²) in [5.74, 6) is 0.153. The molecular weight excluding hydrogens is 378 g/mol. The van der Waals surface area contributed by atoms with E-state index in [0.29, 0.717) is 31.0 Å². The predicted octanol–water partition coefficient (Wildman–Crippen LogP) is 4.71. The number of carbonyl (C=O) groups excluding carboxylic acids is 2. The van der Waals surface area contributed by atoms with Gasteiger partial charge in [0.25, 0.3) is 5.91 Å². The molecule has 1 amide bonds. The zero-order valence-corrected chi connectivity index (χ0v) is 17.3. The van der Waals surface area contributed by atoms with Gasteiger partial charge in [-0.15, -0.1) is 0 Å². The number of furan rings is 1. The molecule has 30 heavy (non-hydrogen) atoms. The van der Waals surface area contributed by atoms with Crippen LogP contribution in [0, 0.1) is 11.8 Å². The molecule has 4 rings (SSSR count). The number of ether oxygens (including phenoxy) is 1. The Kier molecular flexibility index (Phi) is 6.17. The van der Waals surface area contributed by atoms with E-state index in [9.17, 15) is 9.59 Å². The molecule has 1 fully saturated rings. The van der Waals surface area contributed by atoms with Crippen LogP contribution in [0.3, 0.4) is 0 Å². The lowest BCUT2D eigenvalue weighted by Gasteiger charge is -2.22. The highest BCUT2D eigenvalue weighted by Crippen LogP contribution is 2.40. The second-order valence-corrected chi connectivity index (χ2v) is 7.84. The summed E-state index contributed by atoms with van der Waals surface area (Å²) >= 11 is 0. The van der Waals surface area contributed by atoms with Crippen LogP contribution in [-0.2, 0) is 16.0 Å². The fourth-order valence-corrected chi connectivity index (χ4v) is 3.91. The van der Waals surface area contributed by atoms with Gasteiger partial charge in [-0.2, -0.15) is 0 Å². The van der Waals surface area contributed by atoms with Crippen LogP contribution in [0.25, 0.3) is 11.0 Å². The van der Waals surface area contributed by atoms with Crippen molar-refractivity contribution in [1.29, 1.82) is 0 Å². The van der Waals surface area contributed by atoms with E-state index in [-0.39, 0.29) is 23.7 Å². The summed E-state index contributed by atoms with van der Waals surface area (Å²) in [5, 5.41) is 0.918. The average Bonchev–Trinajstić information content (AvgIpc) is 3.40. The van der Waals surface area contributed by atoms with Gasteiger partial charge in [0, 0.05) is 18.5 Å². The Hall–Kier alpha value is -3.08. The van der Waals surface area contributed by atoms with E-state index < -0.39 is 0 Å². The summed E-state index contributed by atoms with van der Waals surface area (Å²) in [7, 11) is 0. The second-order valence-electron chi connectivity index (χ2n) is 7.84. The van der Waals surface area contributed by atoms with Crippen molar-refractivity contribution in [3.05, 3.63) is 72.0 Å². The summed E-state index contributed by atoms with van der Waals surface area (Å²) < 4.78 is 10.9. The molecule has 0 spiro atoms. The molecule has 2 atom stereocenters. The Balaban J connectivity index is 1.44.